The molecule has 1 aromatic heterocycles. The number of benzene rings is 2. The van der Waals surface area contributed by atoms with Gasteiger partial charge in [0.05, 0.1) is 42.2 Å². The van der Waals surface area contributed by atoms with Crippen LogP contribution in [0.2, 0.25) is 0 Å². The van der Waals surface area contributed by atoms with Crippen molar-refractivity contribution in [3.05, 3.63) is 63.8 Å². The lowest BCUT2D eigenvalue weighted by Crippen LogP contribution is -2.28. The SMILES string of the molecule is COc1ccc(CNc2ccc(C#N)cc2Nc2ncc([N+](=O)[O-])c(NC3CCOCC3)n2)c(OC)c1. The van der Waals surface area contributed by atoms with Crippen molar-refractivity contribution in [2.45, 2.75) is 25.4 Å². The van der Waals surface area contributed by atoms with Gasteiger partial charge in [-0.05, 0) is 43.2 Å². The third-order valence-corrected chi connectivity index (χ3v) is 5.89. The number of methoxy groups -OCH3 is 2. The summed E-state index contributed by atoms with van der Waals surface area (Å²) in [6.07, 6.45) is 2.61. The van der Waals surface area contributed by atoms with Crippen LogP contribution in [0.5, 0.6) is 11.5 Å². The van der Waals surface area contributed by atoms with Gasteiger partial charge in [-0.25, -0.2) is 4.98 Å². The van der Waals surface area contributed by atoms with Crippen molar-refractivity contribution in [3.8, 4) is 17.6 Å². The van der Waals surface area contributed by atoms with E-state index in [-0.39, 0.29) is 23.5 Å². The molecular formula is C25H27N7O5. The van der Waals surface area contributed by atoms with Gasteiger partial charge in [-0.3, -0.25) is 10.1 Å². The topological polar surface area (TPSA) is 156 Å². The van der Waals surface area contributed by atoms with Gasteiger partial charge < -0.3 is 30.2 Å². The fourth-order valence-electron chi connectivity index (χ4n) is 3.89. The minimum atomic E-state index is -0.517. The molecule has 0 spiro atoms. The Labute approximate surface area is 213 Å². The molecule has 192 valence electrons. The van der Waals surface area contributed by atoms with Crippen molar-refractivity contribution < 1.29 is 19.1 Å². The fourth-order valence-corrected chi connectivity index (χ4v) is 3.89. The Morgan fingerprint density at radius 2 is 1.97 bits per heavy atom. The highest BCUT2D eigenvalue weighted by molar-refractivity contribution is 5.75. The molecule has 0 radical (unpaired) electrons. The molecule has 3 N–H and O–H groups in total. The molecule has 2 aromatic carbocycles. The maximum Gasteiger partial charge on any atom is 0.329 e. The van der Waals surface area contributed by atoms with Crippen LogP contribution in [0.3, 0.4) is 0 Å². The second-order valence-corrected chi connectivity index (χ2v) is 8.24. The van der Waals surface area contributed by atoms with Crippen LogP contribution in [0.4, 0.5) is 28.8 Å². The van der Waals surface area contributed by atoms with Crippen molar-refractivity contribution >= 4 is 28.8 Å². The largest absolute Gasteiger partial charge is 0.497 e. The molecule has 2 heterocycles. The summed E-state index contributed by atoms with van der Waals surface area (Å²) < 4.78 is 16.1. The lowest BCUT2D eigenvalue weighted by atomic mass is 10.1. The molecule has 3 aromatic rings. The number of rotatable bonds is 10. The predicted octanol–water partition coefficient (Wildman–Crippen LogP) is 4.22. The Bertz CT molecular complexity index is 1310. The predicted molar refractivity (Wildman–Crippen MR) is 137 cm³/mol. The molecule has 12 heteroatoms. The van der Waals surface area contributed by atoms with Crippen molar-refractivity contribution in [3.63, 3.8) is 0 Å². The molecule has 1 saturated heterocycles. The molecule has 0 amide bonds. The van der Waals surface area contributed by atoms with Gasteiger partial charge in [-0.2, -0.15) is 10.2 Å². The first kappa shape index (κ1) is 25.5. The molecule has 12 nitrogen and oxygen atoms in total. The molecule has 0 saturated carbocycles. The summed E-state index contributed by atoms with van der Waals surface area (Å²) in [5.41, 5.74) is 2.33. The minimum Gasteiger partial charge on any atom is -0.497 e. The minimum absolute atomic E-state index is 0.00817. The summed E-state index contributed by atoms with van der Waals surface area (Å²) in [6, 6.07) is 12.8. The van der Waals surface area contributed by atoms with E-state index in [2.05, 4.69) is 32.0 Å². The Balaban J connectivity index is 1.58. The molecule has 0 unspecified atom stereocenters. The second kappa shape index (κ2) is 11.9. The van der Waals surface area contributed by atoms with E-state index in [9.17, 15) is 15.4 Å². The number of ether oxygens (including phenoxy) is 3. The van der Waals surface area contributed by atoms with Crippen LogP contribution in [0, 0.1) is 21.4 Å². The van der Waals surface area contributed by atoms with E-state index >= 15 is 0 Å². The first-order chi connectivity index (χ1) is 18.0. The number of aromatic nitrogens is 2. The van der Waals surface area contributed by atoms with Crippen molar-refractivity contribution in [2.75, 3.05) is 43.4 Å². The number of nitro groups is 1. The monoisotopic (exact) mass is 505 g/mol. The molecule has 0 bridgehead atoms. The summed E-state index contributed by atoms with van der Waals surface area (Å²) in [5.74, 6) is 1.63. The van der Waals surface area contributed by atoms with Crippen LogP contribution in [0.25, 0.3) is 0 Å². The lowest BCUT2D eigenvalue weighted by molar-refractivity contribution is -0.384. The third kappa shape index (κ3) is 6.33. The standard InChI is InChI=1S/C25H27N7O5/c1-35-19-5-4-17(23(12-19)36-2)14-27-20-6-3-16(13-26)11-21(20)30-25-28-15-22(32(33)34)24(31-25)29-18-7-9-37-10-8-18/h3-6,11-12,15,18,27H,7-10,14H2,1-2H3,(H2,28,29,30,31). The summed E-state index contributed by atoms with van der Waals surface area (Å²) in [6.45, 7) is 1.58. The van der Waals surface area contributed by atoms with Crippen LogP contribution >= 0.6 is 0 Å². The lowest BCUT2D eigenvalue weighted by Gasteiger charge is -2.23. The van der Waals surface area contributed by atoms with E-state index in [1.54, 1.807) is 38.5 Å². The number of hydrogen-bond acceptors (Lipinski definition) is 11. The molecule has 0 aliphatic carbocycles. The van der Waals surface area contributed by atoms with Crippen molar-refractivity contribution in [1.29, 1.82) is 5.26 Å². The van der Waals surface area contributed by atoms with E-state index < -0.39 is 4.92 Å². The second-order valence-electron chi connectivity index (χ2n) is 8.24. The molecule has 1 aliphatic heterocycles. The highest BCUT2D eigenvalue weighted by atomic mass is 16.6. The molecular weight excluding hydrogens is 478 g/mol. The van der Waals surface area contributed by atoms with Crippen molar-refractivity contribution in [1.82, 2.24) is 9.97 Å². The van der Waals surface area contributed by atoms with Crippen molar-refractivity contribution in [2.24, 2.45) is 0 Å². The third-order valence-electron chi connectivity index (χ3n) is 5.89. The van der Waals surface area contributed by atoms with Crippen LogP contribution in [0.15, 0.2) is 42.6 Å². The van der Waals surface area contributed by atoms with E-state index in [4.69, 9.17) is 14.2 Å². The highest BCUT2D eigenvalue weighted by Gasteiger charge is 2.22. The zero-order chi connectivity index (χ0) is 26.2. The fraction of sp³-hybridized carbons (Fsp3) is 0.320. The van der Waals surface area contributed by atoms with Gasteiger partial charge in [-0.1, -0.05) is 0 Å². The smallest absolute Gasteiger partial charge is 0.329 e. The molecule has 0 atom stereocenters. The molecule has 4 rings (SSSR count). The molecule has 1 aliphatic rings. The highest BCUT2D eigenvalue weighted by Crippen LogP contribution is 2.31. The summed E-state index contributed by atoms with van der Waals surface area (Å²) >= 11 is 0. The average molecular weight is 506 g/mol. The number of anilines is 4. The molecule has 1 fully saturated rings. The maximum atomic E-state index is 11.6. The van der Waals surface area contributed by atoms with E-state index in [0.717, 1.165) is 18.4 Å². The number of nitrogens with zero attached hydrogens (tertiary/aromatic N) is 4. The summed E-state index contributed by atoms with van der Waals surface area (Å²) in [5, 5.41) is 30.6. The first-order valence-electron chi connectivity index (χ1n) is 11.6. The van der Waals surface area contributed by atoms with Gasteiger partial charge in [0.2, 0.25) is 11.8 Å². The first-order valence-corrected chi connectivity index (χ1v) is 11.6. The number of nitriles is 1. The van der Waals surface area contributed by atoms with Gasteiger partial charge in [0.15, 0.2) is 0 Å². The zero-order valence-corrected chi connectivity index (χ0v) is 20.5. The maximum absolute atomic E-state index is 11.6. The number of nitrogens with one attached hydrogen (secondary N) is 3. The average Bonchev–Trinajstić information content (AvgIpc) is 2.92. The molecule has 37 heavy (non-hydrogen) atoms. The Morgan fingerprint density at radius 3 is 2.68 bits per heavy atom. The van der Waals surface area contributed by atoms with Gasteiger partial charge in [-0.15, -0.1) is 0 Å². The van der Waals surface area contributed by atoms with Crippen LogP contribution in [0.1, 0.15) is 24.0 Å². The zero-order valence-electron chi connectivity index (χ0n) is 20.5. The number of hydrogen-bond donors (Lipinski definition) is 3. The summed E-state index contributed by atoms with van der Waals surface area (Å²) in [7, 11) is 3.18. The Morgan fingerprint density at radius 1 is 1.16 bits per heavy atom. The van der Waals surface area contributed by atoms with Gasteiger partial charge in [0.25, 0.3) is 0 Å². The van der Waals surface area contributed by atoms with Crippen LogP contribution in [-0.4, -0.2) is 48.4 Å². The van der Waals surface area contributed by atoms with Gasteiger partial charge >= 0.3 is 5.69 Å². The quantitative estimate of drug-likeness (QED) is 0.268. The Hall–Kier alpha value is -4.63. The van der Waals surface area contributed by atoms with Gasteiger partial charge in [0, 0.05) is 37.4 Å². The summed E-state index contributed by atoms with van der Waals surface area (Å²) in [4.78, 5) is 19.6. The Kier molecular flexibility index (Phi) is 8.17. The normalized spacial score (nSPS) is 13.3. The van der Waals surface area contributed by atoms with Gasteiger partial charge in [0.1, 0.15) is 17.7 Å². The van der Waals surface area contributed by atoms with E-state index in [0.29, 0.717) is 48.2 Å². The van der Waals surface area contributed by atoms with E-state index in [1.807, 2.05) is 12.1 Å². The van der Waals surface area contributed by atoms with E-state index in [1.165, 1.54) is 6.20 Å². The van der Waals surface area contributed by atoms with Crippen LogP contribution < -0.4 is 25.4 Å². The van der Waals surface area contributed by atoms with Crippen LogP contribution in [-0.2, 0) is 11.3 Å².